The Morgan fingerprint density at radius 1 is 1.67 bits per heavy atom. The Labute approximate surface area is 77.7 Å². The van der Waals surface area contributed by atoms with E-state index < -0.39 is 5.92 Å². The summed E-state index contributed by atoms with van der Waals surface area (Å²) in [6.07, 6.45) is 1.20. The molecule has 0 aromatic heterocycles. The van der Waals surface area contributed by atoms with Crippen molar-refractivity contribution in [1.82, 2.24) is 5.32 Å². The van der Waals surface area contributed by atoms with Gasteiger partial charge in [0.2, 0.25) is 0 Å². The number of hydrogen-bond acceptors (Lipinski definition) is 2. The van der Waals surface area contributed by atoms with Gasteiger partial charge in [-0.15, -0.1) is 0 Å². The number of hydrogen-bond donors (Lipinski definition) is 2. The Morgan fingerprint density at radius 2 is 2.33 bits per heavy atom. The standard InChI is InChI=1S/C7H9BrF2N2/c8-5(4-11)6-7(9,10)2-1-3-12-6/h4,11-12H,1-3H2/b6-5+,11-4?. The molecule has 0 aromatic rings. The minimum atomic E-state index is -2.81. The van der Waals surface area contributed by atoms with Gasteiger partial charge in [0, 0.05) is 19.2 Å². The molecule has 68 valence electrons. The molecule has 0 bridgehead atoms. The summed E-state index contributed by atoms with van der Waals surface area (Å²) in [4.78, 5) is 0. The third-order valence-electron chi connectivity index (χ3n) is 1.70. The van der Waals surface area contributed by atoms with E-state index in [9.17, 15) is 8.78 Å². The maximum Gasteiger partial charge on any atom is 0.288 e. The number of nitrogens with one attached hydrogen (secondary N) is 2. The highest BCUT2D eigenvalue weighted by atomic mass is 79.9. The van der Waals surface area contributed by atoms with Gasteiger partial charge in [-0.2, -0.15) is 8.78 Å². The van der Waals surface area contributed by atoms with Crippen LogP contribution in [-0.4, -0.2) is 18.7 Å². The zero-order valence-electron chi connectivity index (χ0n) is 6.33. The molecule has 5 heteroatoms. The summed E-state index contributed by atoms with van der Waals surface area (Å²) in [5, 5.41) is 9.41. The molecule has 1 fully saturated rings. The molecule has 2 N–H and O–H groups in total. The lowest BCUT2D eigenvalue weighted by atomic mass is 10.1. The van der Waals surface area contributed by atoms with E-state index >= 15 is 0 Å². The fourth-order valence-electron chi connectivity index (χ4n) is 1.11. The molecule has 0 atom stereocenters. The van der Waals surface area contributed by atoms with Gasteiger partial charge in [-0.3, -0.25) is 0 Å². The van der Waals surface area contributed by atoms with Crippen molar-refractivity contribution in [2.75, 3.05) is 6.54 Å². The minimum Gasteiger partial charge on any atom is -0.383 e. The first-order valence-electron chi connectivity index (χ1n) is 3.60. The summed E-state index contributed by atoms with van der Waals surface area (Å²) < 4.78 is 26.2. The van der Waals surface area contributed by atoms with E-state index in [0.717, 1.165) is 6.21 Å². The van der Waals surface area contributed by atoms with Crippen LogP contribution in [0.4, 0.5) is 8.78 Å². The van der Waals surface area contributed by atoms with E-state index in [1.165, 1.54) is 0 Å². The highest BCUT2D eigenvalue weighted by molar-refractivity contribution is 9.12. The molecule has 0 saturated carbocycles. The summed E-state index contributed by atoms with van der Waals surface area (Å²) >= 11 is 2.91. The van der Waals surface area contributed by atoms with Gasteiger partial charge in [0.1, 0.15) is 0 Å². The fourth-order valence-corrected chi connectivity index (χ4v) is 1.54. The predicted octanol–water partition coefficient (Wildman–Crippen LogP) is 2.26. The van der Waals surface area contributed by atoms with Crippen LogP contribution in [0.25, 0.3) is 0 Å². The third-order valence-corrected chi connectivity index (χ3v) is 2.33. The van der Waals surface area contributed by atoms with Gasteiger partial charge >= 0.3 is 0 Å². The van der Waals surface area contributed by atoms with Gasteiger partial charge in [0.15, 0.2) is 0 Å². The lowest BCUT2D eigenvalue weighted by molar-refractivity contribution is 0.0123. The summed E-state index contributed by atoms with van der Waals surface area (Å²) in [5.41, 5.74) is -0.163. The summed E-state index contributed by atoms with van der Waals surface area (Å²) in [6, 6.07) is 0. The van der Waals surface area contributed by atoms with Crippen molar-refractivity contribution >= 4 is 22.1 Å². The fraction of sp³-hybridized carbons (Fsp3) is 0.571. The largest absolute Gasteiger partial charge is 0.383 e. The highest BCUT2D eigenvalue weighted by Gasteiger charge is 2.37. The normalized spacial score (nSPS) is 25.9. The van der Waals surface area contributed by atoms with Crippen LogP contribution in [0.3, 0.4) is 0 Å². The molecule has 0 radical (unpaired) electrons. The Kier molecular flexibility index (Phi) is 2.82. The van der Waals surface area contributed by atoms with Crippen LogP contribution in [-0.2, 0) is 0 Å². The van der Waals surface area contributed by atoms with Crippen molar-refractivity contribution in [2.45, 2.75) is 18.8 Å². The topological polar surface area (TPSA) is 35.9 Å². The SMILES string of the molecule is N=C/C(Br)=C1\NCCCC1(F)F. The molecule has 1 aliphatic heterocycles. The van der Waals surface area contributed by atoms with Crippen molar-refractivity contribution in [2.24, 2.45) is 0 Å². The van der Waals surface area contributed by atoms with Crippen molar-refractivity contribution in [3.8, 4) is 0 Å². The minimum absolute atomic E-state index is 0.132. The highest BCUT2D eigenvalue weighted by Crippen LogP contribution is 2.33. The second kappa shape index (κ2) is 3.51. The first-order chi connectivity index (χ1) is 5.58. The molecule has 12 heavy (non-hydrogen) atoms. The Morgan fingerprint density at radius 3 is 2.83 bits per heavy atom. The molecular weight excluding hydrogens is 230 g/mol. The van der Waals surface area contributed by atoms with Gasteiger partial charge in [0.25, 0.3) is 5.92 Å². The first-order valence-corrected chi connectivity index (χ1v) is 4.39. The number of piperidine rings is 1. The van der Waals surface area contributed by atoms with Crippen LogP contribution in [0.5, 0.6) is 0 Å². The van der Waals surface area contributed by atoms with Crippen molar-refractivity contribution in [3.05, 3.63) is 10.2 Å². The number of alkyl halides is 2. The molecule has 1 aliphatic rings. The van der Waals surface area contributed by atoms with Crippen LogP contribution in [0.2, 0.25) is 0 Å². The molecule has 0 amide bonds. The van der Waals surface area contributed by atoms with Gasteiger partial charge in [-0.25, -0.2) is 0 Å². The lowest BCUT2D eigenvalue weighted by Gasteiger charge is -2.27. The first kappa shape index (κ1) is 9.64. The molecule has 0 unspecified atom stereocenters. The quantitative estimate of drug-likeness (QED) is 0.676. The molecule has 0 aromatic carbocycles. The Balaban J connectivity index is 2.93. The van der Waals surface area contributed by atoms with Crippen LogP contribution in [0.1, 0.15) is 12.8 Å². The van der Waals surface area contributed by atoms with Crippen LogP contribution >= 0.6 is 15.9 Å². The molecule has 0 aliphatic carbocycles. The monoisotopic (exact) mass is 238 g/mol. The summed E-state index contributed by atoms with van der Waals surface area (Å²) in [7, 11) is 0. The molecule has 1 heterocycles. The molecule has 2 nitrogen and oxygen atoms in total. The van der Waals surface area contributed by atoms with Gasteiger partial charge < -0.3 is 10.7 Å². The number of halogens is 3. The van der Waals surface area contributed by atoms with E-state index in [-0.39, 0.29) is 16.6 Å². The van der Waals surface area contributed by atoms with Crippen LogP contribution in [0.15, 0.2) is 10.2 Å². The summed E-state index contributed by atoms with van der Waals surface area (Å²) in [5.74, 6) is -2.81. The Hall–Kier alpha value is -0.450. The van der Waals surface area contributed by atoms with Gasteiger partial charge in [0.05, 0.1) is 10.2 Å². The maximum atomic E-state index is 13.1. The number of rotatable bonds is 1. The number of allylic oxidation sites excluding steroid dienone is 2. The average Bonchev–Trinajstić information content (AvgIpc) is 2.02. The van der Waals surface area contributed by atoms with E-state index in [1.807, 2.05) is 0 Å². The van der Waals surface area contributed by atoms with Gasteiger partial charge in [-0.1, -0.05) is 0 Å². The molecule has 0 spiro atoms. The van der Waals surface area contributed by atoms with Gasteiger partial charge in [-0.05, 0) is 22.4 Å². The second-order valence-corrected chi connectivity index (χ2v) is 3.46. The maximum absolute atomic E-state index is 13.1. The molecular formula is C7H9BrF2N2. The van der Waals surface area contributed by atoms with E-state index in [4.69, 9.17) is 5.41 Å². The van der Waals surface area contributed by atoms with Crippen molar-refractivity contribution in [1.29, 1.82) is 5.41 Å². The van der Waals surface area contributed by atoms with Crippen molar-refractivity contribution in [3.63, 3.8) is 0 Å². The zero-order chi connectivity index (χ0) is 9.19. The second-order valence-electron chi connectivity index (χ2n) is 2.60. The Bertz CT molecular complexity index is 225. The van der Waals surface area contributed by atoms with Crippen LogP contribution in [0, 0.1) is 5.41 Å². The zero-order valence-corrected chi connectivity index (χ0v) is 7.92. The van der Waals surface area contributed by atoms with E-state index in [2.05, 4.69) is 21.2 Å². The predicted molar refractivity (Wildman–Crippen MR) is 46.9 cm³/mol. The molecule has 1 rings (SSSR count). The van der Waals surface area contributed by atoms with Crippen LogP contribution < -0.4 is 5.32 Å². The van der Waals surface area contributed by atoms with Crippen molar-refractivity contribution < 1.29 is 8.78 Å². The molecule has 1 saturated heterocycles. The average molecular weight is 239 g/mol. The smallest absolute Gasteiger partial charge is 0.288 e. The third kappa shape index (κ3) is 1.83. The van der Waals surface area contributed by atoms with E-state index in [0.29, 0.717) is 13.0 Å². The summed E-state index contributed by atoms with van der Waals surface area (Å²) in [6.45, 7) is 0.549. The lowest BCUT2D eigenvalue weighted by Crippen LogP contribution is -2.37. The van der Waals surface area contributed by atoms with E-state index in [1.54, 1.807) is 0 Å².